The largest absolute Gasteiger partial charge is 0.361 e. The fourth-order valence-corrected chi connectivity index (χ4v) is 6.00. The highest BCUT2D eigenvalue weighted by molar-refractivity contribution is 7.08. The van der Waals surface area contributed by atoms with E-state index in [0.717, 1.165) is 40.5 Å². The van der Waals surface area contributed by atoms with Crippen molar-refractivity contribution in [2.75, 3.05) is 11.9 Å². The summed E-state index contributed by atoms with van der Waals surface area (Å²) in [6.45, 7) is 3.70. The number of carbonyl (C=O) groups excluding carboxylic acids is 2. The van der Waals surface area contributed by atoms with Gasteiger partial charge in [0.05, 0.1) is 29.2 Å². The quantitative estimate of drug-likeness (QED) is 0.303. The number of nitrogens with zero attached hydrogens (tertiary/aromatic N) is 6. The lowest BCUT2D eigenvalue weighted by molar-refractivity contribution is -0.121. The van der Waals surface area contributed by atoms with Gasteiger partial charge < -0.3 is 14.7 Å². The number of amides is 2. The summed E-state index contributed by atoms with van der Waals surface area (Å²) in [6, 6.07) is 8.59. The number of aryl methyl sites for hydroxylation is 2. The summed E-state index contributed by atoms with van der Waals surface area (Å²) in [6.07, 6.45) is 1.40. The minimum Gasteiger partial charge on any atom is -0.361 e. The van der Waals surface area contributed by atoms with E-state index in [1.54, 1.807) is 7.05 Å². The van der Waals surface area contributed by atoms with Crippen LogP contribution >= 0.6 is 11.5 Å². The van der Waals surface area contributed by atoms with Gasteiger partial charge in [0.1, 0.15) is 11.6 Å². The molecule has 0 radical (unpaired) electrons. The topological polar surface area (TPSA) is 119 Å². The average Bonchev–Trinajstić information content (AvgIpc) is 3.66. The number of carbonyl (C=O) groups is 2. The van der Waals surface area contributed by atoms with E-state index >= 15 is 0 Å². The molecule has 1 atom stereocenters. The van der Waals surface area contributed by atoms with Gasteiger partial charge in [-0.25, -0.2) is 18.7 Å². The number of fused-ring (bicyclic) bond motifs is 1. The molecule has 10 nitrogen and oxygen atoms in total. The number of anilines is 1. The highest BCUT2D eigenvalue weighted by Crippen LogP contribution is 2.39. The van der Waals surface area contributed by atoms with Crippen molar-refractivity contribution in [1.29, 1.82) is 0 Å². The molecule has 1 fully saturated rings. The van der Waals surface area contributed by atoms with Crippen molar-refractivity contribution in [3.8, 4) is 16.3 Å². The summed E-state index contributed by atoms with van der Waals surface area (Å²) in [7, 11) is 1.54. The van der Waals surface area contributed by atoms with E-state index in [0.29, 0.717) is 46.4 Å². The summed E-state index contributed by atoms with van der Waals surface area (Å²) < 4.78 is 39.6. The number of imidazole rings is 1. The van der Waals surface area contributed by atoms with Gasteiger partial charge in [-0.15, -0.1) is 0 Å². The zero-order valence-electron chi connectivity index (χ0n) is 22.4. The Morgan fingerprint density at radius 2 is 1.98 bits per heavy atom. The zero-order chi connectivity index (χ0) is 28.8. The molecule has 1 aliphatic rings. The fourth-order valence-electron chi connectivity index (χ4n) is 5.29. The molecule has 13 heteroatoms. The summed E-state index contributed by atoms with van der Waals surface area (Å²) in [5.41, 5.74) is 4.05. The van der Waals surface area contributed by atoms with Crippen LogP contribution in [0.1, 0.15) is 48.4 Å². The lowest BCUT2D eigenvalue weighted by Gasteiger charge is -2.35. The zero-order valence-corrected chi connectivity index (χ0v) is 23.3. The number of hydrogen-bond acceptors (Lipinski definition) is 8. The van der Waals surface area contributed by atoms with Crippen molar-refractivity contribution >= 4 is 40.1 Å². The van der Waals surface area contributed by atoms with E-state index in [-0.39, 0.29) is 30.3 Å². The molecule has 5 aromatic rings. The molecule has 3 aromatic heterocycles. The molecular formula is C28H25F2N7O3S. The van der Waals surface area contributed by atoms with Gasteiger partial charge in [-0.2, -0.15) is 4.37 Å². The van der Waals surface area contributed by atoms with Crippen molar-refractivity contribution in [3.05, 3.63) is 71.1 Å². The maximum atomic E-state index is 14.3. The Hall–Kier alpha value is -4.52. The minimum atomic E-state index is -1.04. The van der Waals surface area contributed by atoms with Crippen LogP contribution in [0.5, 0.6) is 0 Å². The Balaban J connectivity index is 1.54. The molecule has 210 valence electrons. The molecule has 2 amide bonds. The van der Waals surface area contributed by atoms with E-state index in [1.807, 2.05) is 36.6 Å². The van der Waals surface area contributed by atoms with Crippen molar-refractivity contribution in [2.45, 2.75) is 45.6 Å². The van der Waals surface area contributed by atoms with E-state index in [4.69, 9.17) is 9.51 Å². The molecule has 0 saturated carbocycles. The predicted molar refractivity (Wildman–Crippen MR) is 148 cm³/mol. The number of aromatic nitrogens is 5. The predicted octanol–water partition coefficient (Wildman–Crippen LogP) is 4.97. The molecular weight excluding hydrogens is 552 g/mol. The van der Waals surface area contributed by atoms with Crippen LogP contribution in [-0.4, -0.2) is 42.9 Å². The number of hydrogen-bond donors (Lipinski definition) is 1. The van der Waals surface area contributed by atoms with Crippen LogP contribution in [0, 0.1) is 25.5 Å². The molecule has 0 unspecified atom stereocenters. The third-order valence-electron chi connectivity index (χ3n) is 7.18. The van der Waals surface area contributed by atoms with Crippen LogP contribution < -0.4 is 10.2 Å². The third kappa shape index (κ3) is 4.75. The van der Waals surface area contributed by atoms with Crippen LogP contribution in [0.25, 0.3) is 27.3 Å². The monoisotopic (exact) mass is 577 g/mol. The van der Waals surface area contributed by atoms with Crippen molar-refractivity contribution in [3.63, 3.8) is 0 Å². The van der Waals surface area contributed by atoms with Crippen LogP contribution in [0.15, 0.2) is 40.9 Å². The standard InChI is InChI=1S/C28H25F2N7O3S/c1-14-26(15(2)40-34-14)16-7-10-21-20(11-16)32-27(37(21)28-33-23(35-41-28)13-24(38)31-3)22-5-4-6-25(39)36(22)17-8-9-18(29)19(30)12-17/h7-12,22H,4-6,13H2,1-3H3,(H,31,38)/t22-/m0/s1. The summed E-state index contributed by atoms with van der Waals surface area (Å²) in [4.78, 5) is 36.3. The molecule has 41 heavy (non-hydrogen) atoms. The van der Waals surface area contributed by atoms with Crippen LogP contribution in [0.3, 0.4) is 0 Å². The Kier molecular flexibility index (Phi) is 6.81. The maximum Gasteiger partial charge on any atom is 0.227 e. The number of benzene rings is 2. The van der Waals surface area contributed by atoms with Gasteiger partial charge >= 0.3 is 0 Å². The highest BCUT2D eigenvalue weighted by atomic mass is 32.1. The van der Waals surface area contributed by atoms with Gasteiger partial charge in [0, 0.05) is 42.3 Å². The lowest BCUT2D eigenvalue weighted by Crippen LogP contribution is -2.39. The smallest absolute Gasteiger partial charge is 0.227 e. The molecule has 1 N–H and O–H groups in total. The number of nitrogens with one attached hydrogen (secondary N) is 1. The summed E-state index contributed by atoms with van der Waals surface area (Å²) >= 11 is 1.11. The summed E-state index contributed by atoms with van der Waals surface area (Å²) in [5.74, 6) is -0.965. The van der Waals surface area contributed by atoms with Gasteiger partial charge in [0.25, 0.3) is 0 Å². The first kappa shape index (κ1) is 26.7. The summed E-state index contributed by atoms with van der Waals surface area (Å²) in [5, 5.41) is 7.10. The van der Waals surface area contributed by atoms with Crippen molar-refractivity contribution in [2.24, 2.45) is 0 Å². The fraction of sp³-hybridized carbons (Fsp3) is 0.286. The first-order chi connectivity index (χ1) is 19.7. The molecule has 1 aliphatic heterocycles. The minimum absolute atomic E-state index is 0.00799. The SMILES string of the molecule is CNC(=O)Cc1nsc(-n2c([C@@H]3CCCC(=O)N3c3ccc(F)c(F)c3)nc3cc(-c4c(C)noc4C)ccc32)n1. The third-order valence-corrected chi connectivity index (χ3v) is 7.92. The lowest BCUT2D eigenvalue weighted by atomic mass is 9.99. The van der Waals surface area contributed by atoms with E-state index < -0.39 is 17.7 Å². The molecule has 0 aliphatic carbocycles. The number of halogens is 2. The number of piperidine rings is 1. The van der Waals surface area contributed by atoms with Crippen LogP contribution in [-0.2, 0) is 16.0 Å². The Morgan fingerprint density at radius 1 is 1.15 bits per heavy atom. The van der Waals surface area contributed by atoms with Crippen molar-refractivity contribution < 1.29 is 22.9 Å². The Bertz CT molecular complexity index is 1790. The Morgan fingerprint density at radius 3 is 2.71 bits per heavy atom. The second-order valence-corrected chi connectivity index (χ2v) is 10.6. The van der Waals surface area contributed by atoms with E-state index in [1.165, 1.54) is 11.0 Å². The molecule has 4 heterocycles. The van der Waals surface area contributed by atoms with Crippen molar-refractivity contribution in [1.82, 2.24) is 29.4 Å². The Labute approximate surface area is 237 Å². The van der Waals surface area contributed by atoms with Crippen LogP contribution in [0.2, 0.25) is 0 Å². The molecule has 2 aromatic carbocycles. The molecule has 6 rings (SSSR count). The second-order valence-electron chi connectivity index (χ2n) is 9.82. The molecule has 1 saturated heterocycles. The second kappa shape index (κ2) is 10.5. The van der Waals surface area contributed by atoms with E-state index in [2.05, 4.69) is 19.8 Å². The average molecular weight is 578 g/mol. The molecule has 0 bridgehead atoms. The number of likely N-dealkylation sites (N-methyl/N-ethyl adjacent to an activating group) is 1. The first-order valence-electron chi connectivity index (χ1n) is 13.0. The maximum absolute atomic E-state index is 14.3. The van der Waals surface area contributed by atoms with Gasteiger partial charge in [-0.05, 0) is 56.5 Å². The van der Waals surface area contributed by atoms with Gasteiger partial charge in [0.2, 0.25) is 16.9 Å². The van der Waals surface area contributed by atoms with Crippen LogP contribution in [0.4, 0.5) is 14.5 Å². The normalized spacial score (nSPS) is 15.6. The first-order valence-corrected chi connectivity index (χ1v) is 13.8. The molecule has 0 spiro atoms. The van der Waals surface area contributed by atoms with Gasteiger partial charge in [-0.3, -0.25) is 14.2 Å². The van der Waals surface area contributed by atoms with Gasteiger partial charge in [0.15, 0.2) is 17.5 Å². The number of rotatable bonds is 6. The van der Waals surface area contributed by atoms with E-state index in [9.17, 15) is 18.4 Å². The van der Waals surface area contributed by atoms with Gasteiger partial charge in [-0.1, -0.05) is 11.2 Å². The highest BCUT2D eigenvalue weighted by Gasteiger charge is 2.35.